The summed E-state index contributed by atoms with van der Waals surface area (Å²) >= 11 is 0. The predicted octanol–water partition coefficient (Wildman–Crippen LogP) is 4.29. The number of allylic oxidation sites excluding steroid dienone is 2. The van der Waals surface area contributed by atoms with E-state index >= 15 is 0 Å². The summed E-state index contributed by atoms with van der Waals surface area (Å²) in [5, 5.41) is 0.624. The van der Waals surface area contributed by atoms with Crippen LogP contribution >= 0.6 is 0 Å². The summed E-state index contributed by atoms with van der Waals surface area (Å²) in [6.07, 6.45) is 1.42. The van der Waals surface area contributed by atoms with Crippen LogP contribution < -0.4 is 16.6 Å². The molecule has 0 aliphatic carbocycles. The monoisotopic (exact) mass is 479 g/mol. The first-order valence-electron chi connectivity index (χ1n) is 10.2. The van der Waals surface area contributed by atoms with Crippen LogP contribution in [0.5, 0.6) is 0 Å². The Kier molecular flexibility index (Phi) is 10.2. The number of aliphatic imine (C=N–C) groups is 1. The Morgan fingerprint density at radius 1 is 1.09 bits per heavy atom. The summed E-state index contributed by atoms with van der Waals surface area (Å²) in [4.78, 5) is 5.96. The summed E-state index contributed by atoms with van der Waals surface area (Å²) < 4.78 is 50.0. The maximum absolute atomic E-state index is 13.1. The lowest BCUT2D eigenvalue weighted by Crippen LogP contribution is -2.40. The summed E-state index contributed by atoms with van der Waals surface area (Å²) in [5.74, 6) is 5.85. The van der Waals surface area contributed by atoms with Crippen LogP contribution in [0.15, 0.2) is 81.2 Å². The van der Waals surface area contributed by atoms with Crippen molar-refractivity contribution in [1.82, 2.24) is 4.90 Å². The Bertz CT molecular complexity index is 1140. The van der Waals surface area contributed by atoms with Gasteiger partial charge in [-0.1, -0.05) is 32.1 Å². The van der Waals surface area contributed by atoms with Crippen LogP contribution in [0.2, 0.25) is 0 Å². The van der Waals surface area contributed by atoms with E-state index in [2.05, 4.69) is 4.99 Å². The molecule has 2 aromatic carbocycles. The third kappa shape index (κ3) is 6.62. The molecule has 4 N–H and O–H groups in total. The van der Waals surface area contributed by atoms with Crippen LogP contribution in [0.3, 0.4) is 0 Å². The number of para-hydroxylation sites is 1. The molecule has 1 heterocycles. The third-order valence-corrected chi connectivity index (χ3v) is 5.95. The van der Waals surface area contributed by atoms with Crippen LogP contribution in [0.25, 0.3) is 0 Å². The minimum Gasteiger partial charge on any atom is -0.386 e. The van der Waals surface area contributed by atoms with Gasteiger partial charge < -0.3 is 10.6 Å². The molecular weight excluding hydrogens is 448 g/mol. The van der Waals surface area contributed by atoms with Crippen molar-refractivity contribution in [1.29, 1.82) is 0 Å². The Morgan fingerprint density at radius 3 is 2.09 bits per heavy atom. The van der Waals surface area contributed by atoms with Crippen molar-refractivity contribution < 1.29 is 17.2 Å². The van der Waals surface area contributed by atoms with E-state index < -0.39 is 20.7 Å². The number of rotatable bonds is 2. The fraction of sp³-hybridized carbons (Fsp3) is 0.261. The largest absolute Gasteiger partial charge is 0.386 e. The van der Waals surface area contributed by atoms with E-state index in [1.165, 1.54) is 13.0 Å². The maximum atomic E-state index is 13.1. The van der Waals surface area contributed by atoms with Gasteiger partial charge in [-0.25, -0.2) is 28.0 Å². The second-order valence-electron chi connectivity index (χ2n) is 6.74. The topological polar surface area (TPSA) is 105 Å². The number of nitrogens with zero attached hydrogens (tertiary/aromatic N) is 3. The van der Waals surface area contributed by atoms with E-state index in [1.807, 2.05) is 26.0 Å². The molecule has 33 heavy (non-hydrogen) atoms. The van der Waals surface area contributed by atoms with Gasteiger partial charge in [-0.05, 0) is 50.2 Å². The molecule has 3 rings (SSSR count). The van der Waals surface area contributed by atoms with Gasteiger partial charge in [0.15, 0.2) is 10.9 Å². The number of fused-ring (bicyclic) bond motifs is 1. The van der Waals surface area contributed by atoms with Crippen molar-refractivity contribution in [3.05, 3.63) is 82.7 Å². The second-order valence-corrected chi connectivity index (χ2v) is 8.66. The predicted molar refractivity (Wildman–Crippen MR) is 130 cm³/mol. The fourth-order valence-corrected chi connectivity index (χ4v) is 3.71. The average Bonchev–Trinajstić information content (AvgIpc) is 2.80. The van der Waals surface area contributed by atoms with Gasteiger partial charge in [0, 0.05) is 19.7 Å². The number of benzene rings is 2. The van der Waals surface area contributed by atoms with Crippen molar-refractivity contribution in [2.75, 3.05) is 19.1 Å². The normalized spacial score (nSPS) is 14.6. The van der Waals surface area contributed by atoms with Gasteiger partial charge >= 0.3 is 0 Å². The molecule has 0 atom stereocenters. The lowest BCUT2D eigenvalue weighted by molar-refractivity contribution is 0.598. The zero-order valence-electron chi connectivity index (χ0n) is 19.7. The third-order valence-electron chi connectivity index (χ3n) is 4.30. The first-order valence-corrected chi connectivity index (χ1v) is 11.7. The average molecular weight is 480 g/mol. The number of hydrogen-bond donors (Lipinski definition) is 2. The first kappa shape index (κ1) is 27.8. The molecule has 2 aromatic rings. The molecule has 0 spiro atoms. The number of halogens is 2. The zero-order valence-corrected chi connectivity index (χ0v) is 20.5. The number of nitrogens with two attached hydrogens (primary N) is 2. The van der Waals surface area contributed by atoms with E-state index in [0.717, 1.165) is 34.8 Å². The number of amidine groups is 1. The fourth-order valence-electron chi connectivity index (χ4n) is 2.58. The number of anilines is 1. The van der Waals surface area contributed by atoms with Gasteiger partial charge in [0.25, 0.3) is 0 Å². The minimum absolute atomic E-state index is 0.100. The molecule has 0 fully saturated rings. The highest BCUT2D eigenvalue weighted by molar-refractivity contribution is 7.95. The lowest BCUT2D eigenvalue weighted by Gasteiger charge is -2.30. The van der Waals surface area contributed by atoms with E-state index in [4.69, 9.17) is 11.6 Å². The first-order chi connectivity index (χ1) is 15.5. The standard InChI is InChI=1S/C17H18FN5O2S.C4H7F.C2H6/c1-22(2)16-13-5-3-4-6-14(13)23(20)17(21-16)15(19)26(24,25)12-9-7-11(18)8-10-12;1-3-4(2)5;1-2/h3-10H,19-20H2,1-2H3;3H,1-2H3;1-2H3/b17-15+;4-3+;. The van der Waals surface area contributed by atoms with Gasteiger partial charge in [0.1, 0.15) is 11.7 Å². The minimum atomic E-state index is -4.10. The highest BCUT2D eigenvalue weighted by atomic mass is 32.2. The Labute approximate surface area is 194 Å². The van der Waals surface area contributed by atoms with Crippen LogP contribution in [-0.2, 0) is 9.84 Å². The Hall–Kier alpha value is -3.24. The van der Waals surface area contributed by atoms with Crippen LogP contribution in [-0.4, -0.2) is 33.2 Å². The quantitative estimate of drug-likeness (QED) is 0.492. The molecule has 0 saturated carbocycles. The highest BCUT2D eigenvalue weighted by Gasteiger charge is 2.30. The highest BCUT2D eigenvalue weighted by Crippen LogP contribution is 2.31. The smallest absolute Gasteiger partial charge is 0.225 e. The van der Waals surface area contributed by atoms with Gasteiger partial charge in [0.05, 0.1) is 16.4 Å². The summed E-state index contributed by atoms with van der Waals surface area (Å²) in [6, 6.07) is 11.6. The summed E-state index contributed by atoms with van der Waals surface area (Å²) in [7, 11) is -0.533. The van der Waals surface area contributed by atoms with Crippen molar-refractivity contribution in [3.8, 4) is 0 Å². The molecule has 0 unspecified atom stereocenters. The van der Waals surface area contributed by atoms with Crippen LogP contribution in [0.1, 0.15) is 33.3 Å². The summed E-state index contributed by atoms with van der Waals surface area (Å²) in [5.41, 5.74) is 7.27. The van der Waals surface area contributed by atoms with Crippen molar-refractivity contribution in [2.24, 2.45) is 16.6 Å². The number of hydrazine groups is 1. The van der Waals surface area contributed by atoms with E-state index in [9.17, 15) is 17.2 Å². The summed E-state index contributed by atoms with van der Waals surface area (Å²) in [6.45, 7) is 7.08. The van der Waals surface area contributed by atoms with Crippen LogP contribution in [0, 0.1) is 5.82 Å². The molecular formula is C23H31F2N5O2S. The van der Waals surface area contributed by atoms with E-state index in [-0.39, 0.29) is 16.5 Å². The van der Waals surface area contributed by atoms with Gasteiger partial charge in [-0.2, -0.15) is 0 Å². The molecule has 0 amide bonds. The number of sulfone groups is 1. The van der Waals surface area contributed by atoms with E-state index in [0.29, 0.717) is 11.5 Å². The molecule has 0 aromatic heterocycles. The van der Waals surface area contributed by atoms with E-state index in [1.54, 1.807) is 38.1 Å². The second kappa shape index (κ2) is 12.1. The Morgan fingerprint density at radius 2 is 1.61 bits per heavy atom. The van der Waals surface area contributed by atoms with Crippen LogP contribution in [0.4, 0.5) is 14.5 Å². The molecule has 0 radical (unpaired) electrons. The van der Waals surface area contributed by atoms with Gasteiger partial charge in [-0.15, -0.1) is 0 Å². The van der Waals surface area contributed by atoms with Gasteiger partial charge in [-0.3, -0.25) is 5.01 Å². The molecule has 1 aliphatic heterocycles. The Balaban J connectivity index is 0.000000689. The van der Waals surface area contributed by atoms with Crippen molar-refractivity contribution in [2.45, 2.75) is 32.6 Å². The molecule has 180 valence electrons. The van der Waals surface area contributed by atoms with Crippen molar-refractivity contribution in [3.63, 3.8) is 0 Å². The lowest BCUT2D eigenvalue weighted by atomic mass is 10.1. The molecule has 10 heteroatoms. The SMILES string of the molecule is C/C=C(\C)F.CC.CN(C)C1=N/C(=C(/N)S(=O)(=O)c2ccc(F)cc2)N(N)c2ccccc21. The molecule has 7 nitrogen and oxygen atoms in total. The zero-order chi connectivity index (χ0) is 25.3. The van der Waals surface area contributed by atoms with Gasteiger partial charge in [0.2, 0.25) is 9.84 Å². The molecule has 1 aliphatic rings. The number of hydrogen-bond acceptors (Lipinski definition) is 7. The maximum Gasteiger partial charge on any atom is 0.225 e. The van der Waals surface area contributed by atoms with Crippen molar-refractivity contribution >= 4 is 21.4 Å². The molecule has 0 saturated heterocycles. The molecule has 0 bridgehead atoms.